The lowest BCUT2D eigenvalue weighted by Crippen LogP contribution is -2.58. The Hall–Kier alpha value is -1.44. The summed E-state index contributed by atoms with van der Waals surface area (Å²) < 4.78 is 30.6. The zero-order chi connectivity index (χ0) is 18.0. The Labute approximate surface area is 143 Å². The van der Waals surface area contributed by atoms with Crippen LogP contribution in [0.4, 0.5) is 9.18 Å². The number of hydrogen-bond donors (Lipinski definition) is 0. The minimum absolute atomic E-state index is 0.326. The molecule has 7 heteroatoms. The average Bonchev–Trinajstić information content (AvgIpc) is 2.53. The lowest BCUT2D eigenvalue weighted by atomic mass is 9.89. The van der Waals surface area contributed by atoms with Crippen molar-refractivity contribution in [3.8, 4) is 0 Å². The van der Waals surface area contributed by atoms with Crippen molar-refractivity contribution in [1.29, 1.82) is 0 Å². The lowest BCUT2D eigenvalue weighted by Gasteiger charge is -2.50. The quantitative estimate of drug-likeness (QED) is 0.607. The van der Waals surface area contributed by atoms with Crippen molar-refractivity contribution in [2.24, 2.45) is 0 Å². The number of rotatable bonds is 4. The number of benzene rings is 1. The molecule has 0 N–H and O–H groups in total. The first-order valence-electron chi connectivity index (χ1n) is 8.08. The second-order valence-electron chi connectivity index (χ2n) is 6.95. The van der Waals surface area contributed by atoms with E-state index in [0.717, 1.165) is 12.0 Å². The van der Waals surface area contributed by atoms with Crippen LogP contribution in [0, 0.1) is 5.82 Å². The second-order valence-corrected chi connectivity index (χ2v) is 11.4. The molecule has 24 heavy (non-hydrogen) atoms. The molecule has 0 spiro atoms. The molecule has 2 atom stereocenters. The molecule has 1 fully saturated rings. The number of likely N-dealkylation sites (tertiary alicyclic amines) is 1. The largest absolute Gasteiger partial charge is 0.453 e. The van der Waals surface area contributed by atoms with Crippen molar-refractivity contribution >= 4 is 14.4 Å². The van der Waals surface area contributed by atoms with Crippen molar-refractivity contribution in [2.75, 3.05) is 20.8 Å². The number of ether oxygens (including phenoxy) is 2. The normalized spacial score (nSPS) is 24.8. The van der Waals surface area contributed by atoms with Crippen LogP contribution >= 0.6 is 0 Å². The van der Waals surface area contributed by atoms with Crippen LogP contribution in [0.1, 0.15) is 24.4 Å². The van der Waals surface area contributed by atoms with Crippen molar-refractivity contribution in [2.45, 2.75) is 44.3 Å². The molecule has 134 valence electrons. The predicted octanol–water partition coefficient (Wildman–Crippen LogP) is 3.92. The van der Waals surface area contributed by atoms with Gasteiger partial charge in [-0.15, -0.1) is 0 Å². The minimum Gasteiger partial charge on any atom is -0.453 e. The summed E-state index contributed by atoms with van der Waals surface area (Å²) in [6.07, 6.45) is 0.957. The molecular weight excluding hydrogens is 329 g/mol. The van der Waals surface area contributed by atoms with Crippen molar-refractivity contribution in [3.05, 3.63) is 35.6 Å². The maximum Gasteiger partial charge on any atom is 0.410 e. The first kappa shape index (κ1) is 18.9. The summed E-state index contributed by atoms with van der Waals surface area (Å²) in [7, 11) is 0.972. The number of methoxy groups -OCH3 is 2. The van der Waals surface area contributed by atoms with E-state index in [2.05, 4.69) is 19.6 Å². The van der Waals surface area contributed by atoms with Gasteiger partial charge in [0.05, 0.1) is 7.11 Å². The summed E-state index contributed by atoms with van der Waals surface area (Å²) in [4.78, 5) is 13.9. The summed E-state index contributed by atoms with van der Waals surface area (Å²) in [6.45, 7) is 6.76. The van der Waals surface area contributed by atoms with Crippen LogP contribution in [0.5, 0.6) is 0 Å². The molecule has 1 amide bonds. The van der Waals surface area contributed by atoms with E-state index in [1.165, 1.54) is 19.2 Å². The minimum atomic E-state index is -1.98. The zero-order valence-electron chi connectivity index (χ0n) is 15.0. The van der Waals surface area contributed by atoms with Gasteiger partial charge in [-0.1, -0.05) is 12.1 Å². The number of hydrogen-bond acceptors (Lipinski definition) is 4. The van der Waals surface area contributed by atoms with E-state index in [1.807, 2.05) is 0 Å². The van der Waals surface area contributed by atoms with E-state index in [1.54, 1.807) is 24.1 Å². The van der Waals surface area contributed by atoms with Gasteiger partial charge in [0.1, 0.15) is 11.9 Å². The van der Waals surface area contributed by atoms with Crippen LogP contribution in [0.3, 0.4) is 0 Å². The summed E-state index contributed by atoms with van der Waals surface area (Å²) in [5.41, 5.74) is 0.765. The van der Waals surface area contributed by atoms with Gasteiger partial charge in [-0.05, 0) is 43.8 Å². The van der Waals surface area contributed by atoms with E-state index in [0.29, 0.717) is 13.0 Å². The highest BCUT2D eigenvalue weighted by Gasteiger charge is 2.51. The van der Waals surface area contributed by atoms with Gasteiger partial charge >= 0.3 is 6.09 Å². The fourth-order valence-electron chi connectivity index (χ4n) is 3.27. The van der Waals surface area contributed by atoms with Gasteiger partial charge in [0, 0.05) is 20.1 Å². The predicted molar refractivity (Wildman–Crippen MR) is 91.7 cm³/mol. The molecule has 0 aromatic heterocycles. The average molecular weight is 355 g/mol. The zero-order valence-corrected chi connectivity index (χ0v) is 16.0. The van der Waals surface area contributed by atoms with Gasteiger partial charge in [0.2, 0.25) is 0 Å². The topological polar surface area (TPSA) is 48.0 Å². The summed E-state index contributed by atoms with van der Waals surface area (Å²) in [5.74, 6) is -1.29. The highest BCUT2D eigenvalue weighted by Crippen LogP contribution is 2.44. The first-order chi connectivity index (χ1) is 11.2. The van der Waals surface area contributed by atoms with Gasteiger partial charge in [0.25, 0.3) is 0 Å². The van der Waals surface area contributed by atoms with Crippen molar-refractivity contribution in [3.63, 3.8) is 0 Å². The molecule has 0 saturated carbocycles. The van der Waals surface area contributed by atoms with Crippen LogP contribution < -0.4 is 0 Å². The van der Waals surface area contributed by atoms with Crippen molar-refractivity contribution < 1.29 is 23.1 Å². The third kappa shape index (κ3) is 3.96. The van der Waals surface area contributed by atoms with Crippen LogP contribution in [0.25, 0.3) is 0 Å². The number of halogens is 1. The third-order valence-corrected chi connectivity index (χ3v) is 5.03. The molecule has 0 radical (unpaired) electrons. The molecule has 1 aromatic rings. The smallest absolute Gasteiger partial charge is 0.410 e. The fourth-order valence-corrected chi connectivity index (χ4v) is 4.61. The molecular formula is C17H26FNO4Si. The highest BCUT2D eigenvalue weighted by molar-refractivity contribution is 6.69. The standard InChI is InChI=1S/C17H26FNO4Si/c1-21-16(20)19-12-6-11-17(22-2,23-24(3,4)5)15(19)13-7-9-14(18)10-8-13/h7-10,15H,6,11-12H2,1-5H3. The number of amides is 1. The maximum absolute atomic E-state index is 13.4. The molecule has 2 rings (SSSR count). The summed E-state index contributed by atoms with van der Waals surface area (Å²) >= 11 is 0. The van der Waals surface area contributed by atoms with Crippen LogP contribution in [0.15, 0.2) is 24.3 Å². The van der Waals surface area contributed by atoms with Gasteiger partial charge in [-0.2, -0.15) is 0 Å². The van der Waals surface area contributed by atoms with Gasteiger partial charge < -0.3 is 13.9 Å². The Morgan fingerprint density at radius 3 is 2.38 bits per heavy atom. The van der Waals surface area contributed by atoms with E-state index in [4.69, 9.17) is 13.9 Å². The molecule has 0 bridgehead atoms. The summed E-state index contributed by atoms with van der Waals surface area (Å²) in [5, 5.41) is 0. The molecule has 1 saturated heterocycles. The van der Waals surface area contributed by atoms with E-state index in [9.17, 15) is 9.18 Å². The SMILES string of the molecule is COC(=O)N1CCCC(OC)(O[Si](C)(C)C)C1c1ccc(F)cc1. The Kier molecular flexibility index (Phi) is 5.67. The number of piperidine rings is 1. The lowest BCUT2D eigenvalue weighted by molar-refractivity contribution is -0.229. The number of nitrogens with zero attached hydrogens (tertiary/aromatic N) is 1. The van der Waals surface area contributed by atoms with E-state index < -0.39 is 26.2 Å². The van der Waals surface area contributed by atoms with E-state index in [-0.39, 0.29) is 5.82 Å². The van der Waals surface area contributed by atoms with Crippen LogP contribution in [-0.2, 0) is 13.9 Å². The Bertz CT molecular complexity index is 575. The summed E-state index contributed by atoms with van der Waals surface area (Å²) in [6, 6.07) is 5.62. The van der Waals surface area contributed by atoms with Gasteiger partial charge in [-0.3, -0.25) is 4.90 Å². The maximum atomic E-state index is 13.4. The molecule has 0 aliphatic carbocycles. The first-order valence-corrected chi connectivity index (χ1v) is 11.5. The third-order valence-electron chi connectivity index (χ3n) is 4.07. The second kappa shape index (κ2) is 7.21. The molecule has 1 aromatic carbocycles. The number of carbonyl (C=O) groups is 1. The fraction of sp³-hybridized carbons (Fsp3) is 0.588. The Morgan fingerprint density at radius 2 is 1.88 bits per heavy atom. The van der Waals surface area contributed by atoms with Crippen LogP contribution in [-0.4, -0.2) is 45.9 Å². The van der Waals surface area contributed by atoms with E-state index >= 15 is 0 Å². The Balaban J connectivity index is 2.52. The van der Waals surface area contributed by atoms with Gasteiger partial charge in [0.15, 0.2) is 14.1 Å². The molecule has 1 aliphatic heterocycles. The number of carbonyl (C=O) groups excluding carboxylic acids is 1. The molecule has 1 heterocycles. The molecule has 5 nitrogen and oxygen atoms in total. The van der Waals surface area contributed by atoms with Crippen LogP contribution in [0.2, 0.25) is 19.6 Å². The Morgan fingerprint density at radius 1 is 1.25 bits per heavy atom. The molecule has 1 aliphatic rings. The molecule has 2 unspecified atom stereocenters. The highest BCUT2D eigenvalue weighted by atomic mass is 28.4. The van der Waals surface area contributed by atoms with Crippen molar-refractivity contribution in [1.82, 2.24) is 4.90 Å². The monoisotopic (exact) mass is 355 g/mol. The van der Waals surface area contributed by atoms with Gasteiger partial charge in [-0.25, -0.2) is 9.18 Å².